The van der Waals surface area contributed by atoms with E-state index in [2.05, 4.69) is 56.4 Å². The third-order valence-corrected chi connectivity index (χ3v) is 11.6. The molecule has 7 heteroatoms. The van der Waals surface area contributed by atoms with Gasteiger partial charge in [-0.3, -0.25) is 4.79 Å². The number of hydrogen-bond donors (Lipinski definition) is 1. The third-order valence-electron chi connectivity index (χ3n) is 11.6. The molecule has 3 heterocycles. The highest BCUT2D eigenvalue weighted by atomic mass is 16.5. The van der Waals surface area contributed by atoms with Crippen LogP contribution in [-0.2, 0) is 32.7 Å². The summed E-state index contributed by atoms with van der Waals surface area (Å²) in [5.74, 6) is 1.61. The first kappa shape index (κ1) is 40.5. The van der Waals surface area contributed by atoms with Gasteiger partial charge in [0.2, 0.25) is 5.91 Å². The van der Waals surface area contributed by atoms with Gasteiger partial charge in [0.15, 0.2) is 0 Å². The Morgan fingerprint density at radius 1 is 0.810 bits per heavy atom. The fraction of sp³-hybridized carbons (Fsp3) is 0.353. The molecule has 0 radical (unpaired) electrons. The normalized spacial score (nSPS) is 15.3. The van der Waals surface area contributed by atoms with Gasteiger partial charge in [-0.25, -0.2) is 9.59 Å². The van der Waals surface area contributed by atoms with E-state index in [9.17, 15) is 14.4 Å². The zero-order valence-corrected chi connectivity index (χ0v) is 34.2. The van der Waals surface area contributed by atoms with E-state index in [1.807, 2.05) is 79.7 Å². The molecule has 1 saturated carbocycles. The number of carbonyl (C=O) groups is 3. The summed E-state index contributed by atoms with van der Waals surface area (Å²) in [6.45, 7) is 8.89. The Morgan fingerprint density at radius 3 is 2.14 bits per heavy atom. The second-order valence-electron chi connectivity index (χ2n) is 17.0. The largest absolute Gasteiger partial charge is 0.459 e. The van der Waals surface area contributed by atoms with E-state index in [0.717, 1.165) is 69.8 Å². The average Bonchev–Trinajstić information content (AvgIpc) is 3.51. The van der Waals surface area contributed by atoms with E-state index in [-0.39, 0.29) is 35.3 Å². The summed E-state index contributed by atoms with van der Waals surface area (Å²) in [5.41, 5.74) is 8.23. The molecule has 0 aromatic heterocycles. The Bertz CT molecular complexity index is 2180. The first-order chi connectivity index (χ1) is 28.0. The zero-order chi connectivity index (χ0) is 40.6. The van der Waals surface area contributed by atoms with Crippen LogP contribution in [0, 0.1) is 12.8 Å². The molecule has 5 aromatic rings. The van der Waals surface area contributed by atoms with Gasteiger partial charge in [-0.05, 0) is 96.2 Å². The summed E-state index contributed by atoms with van der Waals surface area (Å²) < 4.78 is 17.3. The molecule has 58 heavy (non-hydrogen) atoms. The van der Waals surface area contributed by atoms with Gasteiger partial charge < -0.3 is 19.5 Å². The minimum Gasteiger partial charge on any atom is -0.459 e. The van der Waals surface area contributed by atoms with Crippen molar-refractivity contribution in [3.05, 3.63) is 160 Å². The van der Waals surface area contributed by atoms with Crippen LogP contribution in [0.1, 0.15) is 132 Å². The van der Waals surface area contributed by atoms with Crippen molar-refractivity contribution in [2.75, 3.05) is 5.32 Å². The number of anilines is 1. The lowest BCUT2D eigenvalue weighted by Crippen LogP contribution is -2.24. The molecule has 7 nitrogen and oxygen atoms in total. The second-order valence-corrected chi connectivity index (χ2v) is 17.0. The fourth-order valence-electron chi connectivity index (χ4n) is 8.45. The molecule has 1 fully saturated rings. The lowest BCUT2D eigenvalue weighted by molar-refractivity contribution is -0.116. The summed E-state index contributed by atoms with van der Waals surface area (Å²) in [4.78, 5) is 38.0. The number of ether oxygens (including phenoxy) is 3. The van der Waals surface area contributed by atoms with Gasteiger partial charge in [0.25, 0.3) is 0 Å². The Labute approximate surface area is 343 Å². The number of rotatable bonds is 10. The quantitative estimate of drug-likeness (QED) is 0.142. The summed E-state index contributed by atoms with van der Waals surface area (Å²) >= 11 is 0. The molecule has 1 unspecified atom stereocenters. The Balaban J connectivity index is 0.000000442. The van der Waals surface area contributed by atoms with Crippen molar-refractivity contribution < 1.29 is 28.6 Å². The van der Waals surface area contributed by atoms with Crippen molar-refractivity contribution in [3.8, 4) is 11.5 Å². The molecule has 9 rings (SSSR count). The van der Waals surface area contributed by atoms with Gasteiger partial charge in [-0.1, -0.05) is 132 Å². The van der Waals surface area contributed by atoms with Crippen molar-refractivity contribution in [1.29, 1.82) is 0 Å². The first-order valence-electron chi connectivity index (χ1n) is 20.8. The van der Waals surface area contributed by atoms with Crippen molar-refractivity contribution in [2.45, 2.75) is 110 Å². The van der Waals surface area contributed by atoms with Crippen molar-refractivity contribution in [1.82, 2.24) is 0 Å². The molecule has 0 saturated heterocycles. The van der Waals surface area contributed by atoms with E-state index in [0.29, 0.717) is 30.1 Å². The van der Waals surface area contributed by atoms with Crippen LogP contribution in [0.5, 0.6) is 11.5 Å². The number of nitrogens with one attached hydrogen (secondary N) is 1. The topological polar surface area (TPSA) is 90.9 Å². The number of hydrogen-bond acceptors (Lipinski definition) is 6. The van der Waals surface area contributed by atoms with E-state index < -0.39 is 0 Å². The lowest BCUT2D eigenvalue weighted by atomic mass is 9.83. The van der Waals surface area contributed by atoms with Crippen LogP contribution < -0.4 is 10.1 Å². The van der Waals surface area contributed by atoms with E-state index >= 15 is 0 Å². The van der Waals surface area contributed by atoms with Crippen molar-refractivity contribution in [2.24, 2.45) is 5.92 Å². The van der Waals surface area contributed by atoms with Crippen LogP contribution in [0.25, 0.3) is 0 Å². The lowest BCUT2D eigenvalue weighted by Gasteiger charge is -2.29. The number of carbonyl (C=O) groups excluding carboxylic acids is 3. The smallest absolute Gasteiger partial charge is 0.338 e. The number of fused-ring (bicyclic) bond motifs is 6. The summed E-state index contributed by atoms with van der Waals surface area (Å²) in [5, 5.41) is 3.31. The standard InChI is InChI=1S/C43H49NO4.C8H6O2/c1-29-14-8-9-17-33(29)42(46)47-32(26-30-15-6-5-7-16-30)24-22-31-23-25-37(43(2,3)4)38(27-31)44-41(45)28-36-34-18-10-12-20-39(34)48-40-21-13-11-19-35(36)40;9-8-7-3-1-6(2-4-7)5-10-8/h8-14,17-21,23,25,27,30,32,36H,5-7,15-16,22,24,26,28H2,1-4H3,(H,44,45);1-4H,5H2. The van der Waals surface area contributed by atoms with Crippen LogP contribution in [0.2, 0.25) is 0 Å². The van der Waals surface area contributed by atoms with Gasteiger partial charge in [0.1, 0.15) is 24.2 Å². The predicted molar refractivity (Wildman–Crippen MR) is 229 cm³/mol. The van der Waals surface area contributed by atoms with Gasteiger partial charge in [-0.15, -0.1) is 0 Å². The predicted octanol–water partition coefficient (Wildman–Crippen LogP) is 12.0. The number of esters is 2. The molecule has 300 valence electrons. The van der Waals surface area contributed by atoms with Crippen molar-refractivity contribution >= 4 is 23.5 Å². The average molecular weight is 778 g/mol. The van der Waals surface area contributed by atoms with Crippen LogP contribution in [-0.4, -0.2) is 23.9 Å². The number of aryl methyl sites for hydroxylation is 2. The highest BCUT2D eigenvalue weighted by molar-refractivity contribution is 5.93. The van der Waals surface area contributed by atoms with Gasteiger partial charge in [-0.2, -0.15) is 0 Å². The molecule has 1 aliphatic carbocycles. The Kier molecular flexibility index (Phi) is 12.8. The molecular weight excluding hydrogens is 723 g/mol. The molecular formula is C51H55NO6. The molecule has 1 amide bonds. The van der Waals surface area contributed by atoms with Crippen LogP contribution >= 0.6 is 0 Å². The summed E-state index contributed by atoms with van der Waals surface area (Å²) in [6.07, 6.45) is 8.77. The molecule has 1 N–H and O–H groups in total. The first-order valence-corrected chi connectivity index (χ1v) is 20.8. The molecule has 4 aliphatic rings. The Morgan fingerprint density at radius 2 is 1.47 bits per heavy atom. The van der Waals surface area contributed by atoms with E-state index in [4.69, 9.17) is 14.2 Å². The maximum atomic E-state index is 13.9. The summed E-state index contributed by atoms with van der Waals surface area (Å²) in [7, 11) is 0. The zero-order valence-electron chi connectivity index (χ0n) is 34.2. The highest BCUT2D eigenvalue weighted by Crippen LogP contribution is 2.45. The molecule has 2 bridgehead atoms. The van der Waals surface area contributed by atoms with Crippen molar-refractivity contribution in [3.63, 3.8) is 0 Å². The van der Waals surface area contributed by atoms with Gasteiger partial charge in [0, 0.05) is 29.2 Å². The fourth-order valence-corrected chi connectivity index (χ4v) is 8.45. The molecule has 0 spiro atoms. The minimum absolute atomic E-state index is 0.0310. The maximum Gasteiger partial charge on any atom is 0.338 e. The second kappa shape index (κ2) is 18.3. The maximum absolute atomic E-state index is 13.9. The SMILES string of the molecule is Cc1ccccc1C(=O)OC(CCc1ccc(C(C)(C)C)c(NC(=O)CC2c3ccccc3Oc3ccccc32)c1)CC1CCCCC1.O=C1OCc2ccc1cc2. The van der Waals surface area contributed by atoms with Gasteiger partial charge >= 0.3 is 11.9 Å². The number of benzene rings is 5. The number of amides is 1. The summed E-state index contributed by atoms with van der Waals surface area (Å²) in [6, 6.07) is 37.5. The molecule has 3 aliphatic heterocycles. The van der Waals surface area contributed by atoms with Crippen LogP contribution in [0.15, 0.2) is 115 Å². The van der Waals surface area contributed by atoms with E-state index in [1.54, 1.807) is 12.1 Å². The van der Waals surface area contributed by atoms with Crippen LogP contribution in [0.4, 0.5) is 5.69 Å². The number of para-hydroxylation sites is 2. The Hall–Kier alpha value is -5.69. The minimum atomic E-state index is -0.235. The van der Waals surface area contributed by atoms with Crippen LogP contribution in [0.3, 0.4) is 0 Å². The highest BCUT2D eigenvalue weighted by Gasteiger charge is 2.30. The van der Waals surface area contributed by atoms with Gasteiger partial charge in [0.05, 0.1) is 11.1 Å². The van der Waals surface area contributed by atoms with E-state index in [1.165, 1.54) is 32.1 Å². The molecule has 1 atom stereocenters. The monoisotopic (exact) mass is 777 g/mol. The molecule has 5 aromatic carbocycles. The third kappa shape index (κ3) is 10.1.